The average molecular weight is 367 g/mol. The molecule has 1 aliphatic heterocycles. The molecule has 1 aliphatic rings. The molecule has 0 spiro atoms. The van der Waals surface area contributed by atoms with Gasteiger partial charge in [0.1, 0.15) is 11.3 Å². The molecule has 0 saturated carbocycles. The number of nitrogens with one attached hydrogen (secondary N) is 2. The van der Waals surface area contributed by atoms with Crippen LogP contribution in [0.15, 0.2) is 39.5 Å². The predicted molar refractivity (Wildman–Crippen MR) is 98.4 cm³/mol. The molecule has 1 saturated heterocycles. The van der Waals surface area contributed by atoms with E-state index in [0.717, 1.165) is 31.3 Å². The van der Waals surface area contributed by atoms with Crippen molar-refractivity contribution in [3.05, 3.63) is 40.8 Å². The number of piperidine rings is 1. The van der Waals surface area contributed by atoms with Crippen LogP contribution in [0.5, 0.6) is 5.75 Å². The molecule has 136 valence electrons. The summed E-state index contributed by atoms with van der Waals surface area (Å²) in [6.07, 6.45) is 1.55. The van der Waals surface area contributed by atoms with Crippen LogP contribution < -0.4 is 21.0 Å². The van der Waals surface area contributed by atoms with Gasteiger partial charge < -0.3 is 19.8 Å². The summed E-state index contributed by atoms with van der Waals surface area (Å²) in [7, 11) is 0. The molecule has 1 unspecified atom stereocenters. The van der Waals surface area contributed by atoms with Crippen molar-refractivity contribution in [3.8, 4) is 5.75 Å². The number of amides is 1. The fourth-order valence-electron chi connectivity index (χ4n) is 2.85. The number of hydrogen-bond acceptors (Lipinski definition) is 5. The lowest BCUT2D eigenvalue weighted by molar-refractivity contribution is -0.127. The van der Waals surface area contributed by atoms with E-state index in [1.807, 2.05) is 0 Å². The molecule has 2 heterocycles. The molecule has 2 N–H and O–H groups in total. The first-order chi connectivity index (χ1) is 11.6. The normalized spacial score (nSPS) is 16.0. The standard InChI is InChI=1S/C18H22N2O4.ClH/c1-12(18(22)20-11-13-6-8-19-9-7-13)23-15-4-2-14-3-5-17(21)24-16(14)10-15;/h2-5,10,12-13,19H,6-9,11H2,1H3,(H,20,22);1H. The second-order valence-corrected chi connectivity index (χ2v) is 6.15. The minimum Gasteiger partial charge on any atom is -0.481 e. The van der Waals surface area contributed by atoms with Crippen LogP contribution in [0.2, 0.25) is 0 Å². The molecule has 0 aliphatic carbocycles. The zero-order valence-electron chi connectivity index (χ0n) is 14.1. The first-order valence-corrected chi connectivity index (χ1v) is 8.31. The Balaban J connectivity index is 0.00000225. The minimum absolute atomic E-state index is 0. The number of fused-ring (bicyclic) bond motifs is 1. The lowest BCUT2D eigenvalue weighted by Crippen LogP contribution is -2.41. The van der Waals surface area contributed by atoms with Gasteiger partial charge in [-0.15, -0.1) is 12.4 Å². The Morgan fingerprint density at radius 2 is 2.04 bits per heavy atom. The molecule has 3 rings (SSSR count). The quantitative estimate of drug-likeness (QED) is 0.792. The SMILES string of the molecule is CC(Oc1ccc2ccc(=O)oc2c1)C(=O)NCC1CCNCC1.Cl. The van der Waals surface area contributed by atoms with Gasteiger partial charge in [0.05, 0.1) is 0 Å². The highest BCUT2D eigenvalue weighted by molar-refractivity contribution is 5.85. The summed E-state index contributed by atoms with van der Waals surface area (Å²) < 4.78 is 10.8. The van der Waals surface area contributed by atoms with Crippen LogP contribution in [-0.2, 0) is 4.79 Å². The van der Waals surface area contributed by atoms with E-state index in [0.29, 0.717) is 23.8 Å². The smallest absolute Gasteiger partial charge is 0.336 e. The molecule has 1 fully saturated rings. The van der Waals surface area contributed by atoms with Gasteiger partial charge in [0.25, 0.3) is 5.91 Å². The summed E-state index contributed by atoms with van der Waals surface area (Å²) in [5.41, 5.74) is 0.0368. The van der Waals surface area contributed by atoms with Gasteiger partial charge in [-0.2, -0.15) is 0 Å². The van der Waals surface area contributed by atoms with Crippen LogP contribution in [0.1, 0.15) is 19.8 Å². The minimum atomic E-state index is -0.611. The molecule has 6 nitrogen and oxygen atoms in total. The third-order valence-corrected chi connectivity index (χ3v) is 4.30. The molecule has 2 aromatic rings. The summed E-state index contributed by atoms with van der Waals surface area (Å²) >= 11 is 0. The van der Waals surface area contributed by atoms with Gasteiger partial charge in [-0.05, 0) is 57.0 Å². The van der Waals surface area contributed by atoms with E-state index in [2.05, 4.69) is 10.6 Å². The maximum Gasteiger partial charge on any atom is 0.336 e. The number of carbonyl (C=O) groups excluding carboxylic acids is 1. The topological polar surface area (TPSA) is 80.6 Å². The van der Waals surface area contributed by atoms with E-state index in [9.17, 15) is 9.59 Å². The Morgan fingerprint density at radius 3 is 2.80 bits per heavy atom. The number of rotatable bonds is 5. The lowest BCUT2D eigenvalue weighted by Gasteiger charge is -2.23. The Kier molecular flexibility index (Phi) is 6.84. The molecule has 1 aromatic carbocycles. The largest absolute Gasteiger partial charge is 0.481 e. The van der Waals surface area contributed by atoms with Gasteiger partial charge in [0.2, 0.25) is 0 Å². The van der Waals surface area contributed by atoms with E-state index >= 15 is 0 Å². The van der Waals surface area contributed by atoms with Gasteiger partial charge in [0.15, 0.2) is 6.10 Å². The first-order valence-electron chi connectivity index (χ1n) is 8.31. The zero-order valence-corrected chi connectivity index (χ0v) is 14.9. The molecule has 1 aromatic heterocycles. The molecular weight excluding hydrogens is 344 g/mol. The highest BCUT2D eigenvalue weighted by Gasteiger charge is 2.18. The van der Waals surface area contributed by atoms with Crippen LogP contribution in [-0.4, -0.2) is 31.6 Å². The molecule has 1 amide bonds. The van der Waals surface area contributed by atoms with Crippen molar-refractivity contribution >= 4 is 29.3 Å². The Labute approximate surface area is 152 Å². The number of ether oxygens (including phenoxy) is 1. The predicted octanol–water partition coefficient (Wildman–Crippen LogP) is 2.10. The van der Waals surface area contributed by atoms with E-state index < -0.39 is 11.7 Å². The summed E-state index contributed by atoms with van der Waals surface area (Å²) in [5, 5.41) is 7.07. The van der Waals surface area contributed by atoms with Gasteiger partial charge >= 0.3 is 5.63 Å². The fourth-order valence-corrected chi connectivity index (χ4v) is 2.85. The second-order valence-electron chi connectivity index (χ2n) is 6.15. The summed E-state index contributed by atoms with van der Waals surface area (Å²) in [6.45, 7) is 4.41. The molecule has 25 heavy (non-hydrogen) atoms. The third kappa shape index (κ3) is 5.21. The van der Waals surface area contributed by atoms with E-state index in [1.165, 1.54) is 6.07 Å². The van der Waals surface area contributed by atoms with Crippen LogP contribution in [0, 0.1) is 5.92 Å². The Hall–Kier alpha value is -2.05. The molecular formula is C18H23ClN2O4. The van der Waals surface area contributed by atoms with Crippen LogP contribution in [0.25, 0.3) is 11.0 Å². The zero-order chi connectivity index (χ0) is 16.9. The van der Waals surface area contributed by atoms with Crippen LogP contribution in [0.4, 0.5) is 0 Å². The Morgan fingerprint density at radius 1 is 1.32 bits per heavy atom. The molecule has 0 bridgehead atoms. The third-order valence-electron chi connectivity index (χ3n) is 4.30. The van der Waals surface area contributed by atoms with Gasteiger partial charge in [-0.3, -0.25) is 4.79 Å². The summed E-state index contributed by atoms with van der Waals surface area (Å²) in [6, 6.07) is 8.26. The van der Waals surface area contributed by atoms with Crippen molar-refractivity contribution in [1.82, 2.24) is 10.6 Å². The second kappa shape index (κ2) is 8.87. The lowest BCUT2D eigenvalue weighted by atomic mass is 9.98. The van der Waals surface area contributed by atoms with Crippen molar-refractivity contribution < 1.29 is 13.9 Å². The van der Waals surface area contributed by atoms with Crippen molar-refractivity contribution in [2.24, 2.45) is 5.92 Å². The van der Waals surface area contributed by atoms with Crippen molar-refractivity contribution in [1.29, 1.82) is 0 Å². The molecule has 0 radical (unpaired) electrons. The number of carbonyl (C=O) groups is 1. The fraction of sp³-hybridized carbons (Fsp3) is 0.444. The number of benzene rings is 1. The maximum atomic E-state index is 12.2. The van der Waals surface area contributed by atoms with E-state index in [4.69, 9.17) is 9.15 Å². The molecule has 7 heteroatoms. The number of halogens is 1. The molecule has 1 atom stereocenters. The average Bonchev–Trinajstić information content (AvgIpc) is 2.60. The van der Waals surface area contributed by atoms with Gasteiger partial charge in [-0.25, -0.2) is 4.79 Å². The van der Waals surface area contributed by atoms with Crippen LogP contribution in [0.3, 0.4) is 0 Å². The van der Waals surface area contributed by atoms with Crippen molar-refractivity contribution in [2.75, 3.05) is 19.6 Å². The van der Waals surface area contributed by atoms with Gasteiger partial charge in [-0.1, -0.05) is 0 Å². The van der Waals surface area contributed by atoms with Crippen LogP contribution >= 0.6 is 12.4 Å². The number of hydrogen-bond donors (Lipinski definition) is 2. The summed E-state index contributed by atoms with van der Waals surface area (Å²) in [5.74, 6) is 0.891. The monoisotopic (exact) mass is 366 g/mol. The van der Waals surface area contributed by atoms with E-state index in [1.54, 1.807) is 31.2 Å². The van der Waals surface area contributed by atoms with Gasteiger partial charge in [0, 0.05) is 24.1 Å². The highest BCUT2D eigenvalue weighted by Crippen LogP contribution is 2.20. The first kappa shape index (κ1) is 19.3. The highest BCUT2D eigenvalue weighted by atomic mass is 35.5. The van der Waals surface area contributed by atoms with E-state index in [-0.39, 0.29) is 18.3 Å². The maximum absolute atomic E-state index is 12.2. The summed E-state index contributed by atoms with van der Waals surface area (Å²) in [4.78, 5) is 23.5. The van der Waals surface area contributed by atoms with Crippen molar-refractivity contribution in [2.45, 2.75) is 25.9 Å². The Bertz CT molecular complexity index is 771. The van der Waals surface area contributed by atoms with Crippen molar-refractivity contribution in [3.63, 3.8) is 0 Å².